The molecule has 3 nitrogen and oxygen atoms in total. The first kappa shape index (κ1) is 10.0. The fourth-order valence-corrected chi connectivity index (χ4v) is 1.85. The summed E-state index contributed by atoms with van der Waals surface area (Å²) in [5, 5.41) is 4.61. The third kappa shape index (κ3) is 1.58. The number of aromatic nitrogens is 2. The first-order valence-corrected chi connectivity index (χ1v) is 5.26. The highest BCUT2D eigenvalue weighted by Crippen LogP contribution is 2.29. The number of hydrogen-bond donors (Lipinski definition) is 0. The fraction of sp³-hybridized carbons (Fsp3) is 0.417. The maximum absolute atomic E-state index is 4.61. The molecule has 2 aromatic rings. The van der Waals surface area contributed by atoms with Crippen molar-refractivity contribution in [3.05, 3.63) is 30.1 Å². The van der Waals surface area contributed by atoms with Crippen LogP contribution in [0.4, 0.5) is 5.69 Å². The fourth-order valence-electron chi connectivity index (χ4n) is 1.85. The largest absolute Gasteiger partial charge is 0.374 e. The van der Waals surface area contributed by atoms with Crippen molar-refractivity contribution < 1.29 is 0 Å². The van der Waals surface area contributed by atoms with Crippen LogP contribution in [-0.4, -0.2) is 23.7 Å². The molecule has 0 fully saturated rings. The van der Waals surface area contributed by atoms with Crippen molar-refractivity contribution >= 4 is 11.2 Å². The molecule has 0 N–H and O–H groups in total. The van der Waals surface area contributed by atoms with E-state index >= 15 is 0 Å². The molecule has 2 aromatic heterocycles. The van der Waals surface area contributed by atoms with Crippen LogP contribution in [0.15, 0.2) is 24.4 Å². The Labute approximate surface area is 90.3 Å². The molecule has 0 aliphatic rings. The van der Waals surface area contributed by atoms with Crippen LogP contribution in [0, 0.1) is 0 Å². The molecular formula is C12H17N3. The third-order valence-corrected chi connectivity index (χ3v) is 2.53. The van der Waals surface area contributed by atoms with Gasteiger partial charge in [-0.25, -0.2) is 4.52 Å². The predicted molar refractivity (Wildman–Crippen MR) is 63.6 cm³/mol. The maximum atomic E-state index is 4.61. The van der Waals surface area contributed by atoms with E-state index in [1.54, 1.807) is 0 Å². The lowest BCUT2D eigenvalue weighted by molar-refractivity contribution is 0.785. The predicted octanol–water partition coefficient (Wildman–Crippen LogP) is 2.52. The molecule has 0 aliphatic carbocycles. The van der Waals surface area contributed by atoms with E-state index in [9.17, 15) is 0 Å². The molecule has 2 heterocycles. The summed E-state index contributed by atoms with van der Waals surface area (Å²) in [6.45, 7) is 4.35. The molecule has 0 bridgehead atoms. The van der Waals surface area contributed by atoms with E-state index in [2.05, 4.69) is 44.0 Å². The van der Waals surface area contributed by atoms with E-state index in [-0.39, 0.29) is 0 Å². The molecule has 0 radical (unpaired) electrons. The normalized spacial score (nSPS) is 11.3. The summed E-state index contributed by atoms with van der Waals surface area (Å²) in [6, 6.07) is 6.16. The summed E-state index contributed by atoms with van der Waals surface area (Å²) in [6.07, 6.45) is 1.99. The quantitative estimate of drug-likeness (QED) is 0.747. The summed E-state index contributed by atoms with van der Waals surface area (Å²) >= 11 is 0. The summed E-state index contributed by atoms with van der Waals surface area (Å²) < 4.78 is 1.95. The number of anilines is 1. The van der Waals surface area contributed by atoms with Gasteiger partial charge < -0.3 is 4.90 Å². The molecule has 0 spiro atoms. The van der Waals surface area contributed by atoms with E-state index in [0.717, 1.165) is 5.69 Å². The summed E-state index contributed by atoms with van der Waals surface area (Å²) in [5.41, 5.74) is 3.56. The van der Waals surface area contributed by atoms with Crippen LogP contribution in [0.3, 0.4) is 0 Å². The minimum Gasteiger partial charge on any atom is -0.374 e. The van der Waals surface area contributed by atoms with Gasteiger partial charge in [-0.05, 0) is 18.1 Å². The lowest BCUT2D eigenvalue weighted by atomic mass is 10.1. The number of pyridine rings is 1. The van der Waals surface area contributed by atoms with Gasteiger partial charge in [-0.15, -0.1) is 0 Å². The van der Waals surface area contributed by atoms with Crippen molar-refractivity contribution in [2.45, 2.75) is 19.8 Å². The Kier molecular flexibility index (Phi) is 2.39. The minimum absolute atomic E-state index is 0.447. The molecule has 0 amide bonds. The Morgan fingerprint density at radius 2 is 2.00 bits per heavy atom. The summed E-state index contributed by atoms with van der Waals surface area (Å²) in [7, 11) is 4.13. The number of fused-ring (bicyclic) bond motifs is 1. The second-order valence-electron chi connectivity index (χ2n) is 4.31. The van der Waals surface area contributed by atoms with Crippen LogP contribution < -0.4 is 4.90 Å². The first-order chi connectivity index (χ1) is 7.11. The van der Waals surface area contributed by atoms with Crippen molar-refractivity contribution in [1.82, 2.24) is 9.61 Å². The van der Waals surface area contributed by atoms with Gasteiger partial charge in [-0.3, -0.25) is 0 Å². The SMILES string of the molecule is CC(C)c1nn2ccccc2c1N(C)C. The van der Waals surface area contributed by atoms with Crippen LogP contribution in [0.5, 0.6) is 0 Å². The van der Waals surface area contributed by atoms with Gasteiger partial charge in [0, 0.05) is 20.3 Å². The van der Waals surface area contributed by atoms with Gasteiger partial charge in [0.1, 0.15) is 0 Å². The van der Waals surface area contributed by atoms with Crippen LogP contribution in [-0.2, 0) is 0 Å². The Balaban J connectivity index is 2.75. The zero-order valence-electron chi connectivity index (χ0n) is 9.73. The van der Waals surface area contributed by atoms with E-state index in [0.29, 0.717) is 5.92 Å². The molecule has 0 unspecified atom stereocenters. The lowest BCUT2D eigenvalue weighted by Crippen LogP contribution is -2.10. The molecular weight excluding hydrogens is 186 g/mol. The zero-order valence-corrected chi connectivity index (χ0v) is 9.73. The van der Waals surface area contributed by atoms with Crippen molar-refractivity contribution in [3.8, 4) is 0 Å². The van der Waals surface area contributed by atoms with Crippen molar-refractivity contribution in [2.24, 2.45) is 0 Å². The van der Waals surface area contributed by atoms with E-state index in [1.165, 1.54) is 11.2 Å². The van der Waals surface area contributed by atoms with Gasteiger partial charge in [0.05, 0.1) is 16.9 Å². The molecule has 0 atom stereocenters. The van der Waals surface area contributed by atoms with Crippen LogP contribution in [0.25, 0.3) is 5.52 Å². The average molecular weight is 203 g/mol. The Bertz CT molecular complexity index is 469. The van der Waals surface area contributed by atoms with E-state index in [4.69, 9.17) is 0 Å². The highest BCUT2D eigenvalue weighted by atomic mass is 15.3. The number of hydrogen-bond acceptors (Lipinski definition) is 2. The highest BCUT2D eigenvalue weighted by molar-refractivity contribution is 5.75. The first-order valence-electron chi connectivity index (χ1n) is 5.26. The summed E-state index contributed by atoms with van der Waals surface area (Å²) in [5.74, 6) is 0.447. The molecule has 0 saturated heterocycles. The zero-order chi connectivity index (χ0) is 11.0. The van der Waals surface area contributed by atoms with Gasteiger partial charge in [-0.2, -0.15) is 5.10 Å². The lowest BCUT2D eigenvalue weighted by Gasteiger charge is -2.14. The number of rotatable bonds is 2. The molecule has 80 valence electrons. The second kappa shape index (κ2) is 3.57. The molecule has 15 heavy (non-hydrogen) atoms. The monoisotopic (exact) mass is 203 g/mol. The molecule has 0 saturated carbocycles. The molecule has 0 aromatic carbocycles. The Morgan fingerprint density at radius 3 is 2.60 bits per heavy atom. The van der Waals surface area contributed by atoms with Gasteiger partial charge in [0.15, 0.2) is 0 Å². The van der Waals surface area contributed by atoms with E-state index < -0.39 is 0 Å². The van der Waals surface area contributed by atoms with E-state index in [1.807, 2.05) is 22.8 Å². The number of nitrogens with zero attached hydrogens (tertiary/aromatic N) is 3. The maximum Gasteiger partial charge on any atom is 0.0898 e. The minimum atomic E-state index is 0.447. The average Bonchev–Trinajstić information content (AvgIpc) is 2.56. The Morgan fingerprint density at radius 1 is 1.27 bits per heavy atom. The van der Waals surface area contributed by atoms with Crippen LogP contribution in [0.1, 0.15) is 25.5 Å². The van der Waals surface area contributed by atoms with Gasteiger partial charge >= 0.3 is 0 Å². The van der Waals surface area contributed by atoms with Crippen molar-refractivity contribution in [1.29, 1.82) is 0 Å². The topological polar surface area (TPSA) is 20.5 Å². The van der Waals surface area contributed by atoms with Crippen molar-refractivity contribution in [2.75, 3.05) is 19.0 Å². The molecule has 2 rings (SSSR count). The highest BCUT2D eigenvalue weighted by Gasteiger charge is 2.16. The standard InChI is InChI=1S/C12H17N3/c1-9(2)11-12(14(3)4)10-7-5-6-8-15(10)13-11/h5-9H,1-4H3. The van der Waals surface area contributed by atoms with Gasteiger partial charge in [0.25, 0.3) is 0 Å². The third-order valence-electron chi connectivity index (χ3n) is 2.53. The van der Waals surface area contributed by atoms with Crippen LogP contribution in [0.2, 0.25) is 0 Å². The molecule has 3 heteroatoms. The Hall–Kier alpha value is -1.51. The van der Waals surface area contributed by atoms with Crippen molar-refractivity contribution in [3.63, 3.8) is 0 Å². The van der Waals surface area contributed by atoms with Gasteiger partial charge in [0.2, 0.25) is 0 Å². The van der Waals surface area contributed by atoms with Gasteiger partial charge in [-0.1, -0.05) is 19.9 Å². The smallest absolute Gasteiger partial charge is 0.0898 e. The van der Waals surface area contributed by atoms with Crippen LogP contribution >= 0.6 is 0 Å². The molecule has 0 aliphatic heterocycles. The summed E-state index contributed by atoms with van der Waals surface area (Å²) in [4.78, 5) is 2.14. The second-order valence-corrected chi connectivity index (χ2v) is 4.31.